The Morgan fingerprint density at radius 3 is 2.73 bits per heavy atom. The van der Waals surface area contributed by atoms with E-state index in [-0.39, 0.29) is 17.5 Å². The predicted octanol–water partition coefficient (Wildman–Crippen LogP) is 1.47. The Hall–Kier alpha value is -2.11. The zero-order chi connectivity index (χ0) is 10.8. The third-order valence-electron chi connectivity index (χ3n) is 1.85. The maximum atomic E-state index is 13.5. The van der Waals surface area contributed by atoms with Crippen LogP contribution in [-0.4, -0.2) is 17.3 Å². The number of methoxy groups -OCH3 is 1. The van der Waals surface area contributed by atoms with E-state index >= 15 is 0 Å². The van der Waals surface area contributed by atoms with Crippen molar-refractivity contribution in [1.82, 2.24) is 10.2 Å². The van der Waals surface area contributed by atoms with Gasteiger partial charge in [-0.2, -0.15) is 0 Å². The molecule has 0 amide bonds. The van der Waals surface area contributed by atoms with Crippen molar-refractivity contribution in [2.75, 3.05) is 12.8 Å². The van der Waals surface area contributed by atoms with Gasteiger partial charge in [0.05, 0.1) is 12.7 Å². The summed E-state index contributed by atoms with van der Waals surface area (Å²) < 4.78 is 23.2. The Balaban J connectivity index is 2.45. The van der Waals surface area contributed by atoms with Gasteiger partial charge in [-0.1, -0.05) is 5.10 Å². The minimum atomic E-state index is -0.502. The van der Waals surface area contributed by atoms with Gasteiger partial charge in [-0.05, 0) is 12.1 Å². The van der Waals surface area contributed by atoms with E-state index in [1.807, 2.05) is 0 Å². The highest BCUT2D eigenvalue weighted by Crippen LogP contribution is 2.25. The molecule has 5 nitrogen and oxygen atoms in total. The number of aromatic nitrogens is 2. The highest BCUT2D eigenvalue weighted by Gasteiger charge is 2.12. The molecule has 15 heavy (non-hydrogen) atoms. The molecule has 2 rings (SSSR count). The van der Waals surface area contributed by atoms with Crippen molar-refractivity contribution >= 4 is 6.01 Å². The first kappa shape index (κ1) is 9.45. The number of halogens is 1. The third-order valence-corrected chi connectivity index (χ3v) is 1.85. The summed E-state index contributed by atoms with van der Waals surface area (Å²) >= 11 is 0. The summed E-state index contributed by atoms with van der Waals surface area (Å²) in [5, 5.41) is 7.02. The summed E-state index contributed by atoms with van der Waals surface area (Å²) in [6.07, 6.45) is 0. The second kappa shape index (κ2) is 3.56. The van der Waals surface area contributed by atoms with Crippen LogP contribution in [0.1, 0.15) is 0 Å². The SMILES string of the molecule is COc1ccc(-c2nnc(N)o2)c(F)c1. The molecule has 0 unspecified atom stereocenters. The molecule has 2 N–H and O–H groups in total. The Morgan fingerprint density at radius 1 is 1.40 bits per heavy atom. The fraction of sp³-hybridized carbons (Fsp3) is 0.111. The molecule has 0 spiro atoms. The summed E-state index contributed by atoms with van der Waals surface area (Å²) in [4.78, 5) is 0. The van der Waals surface area contributed by atoms with Crippen molar-refractivity contribution in [2.45, 2.75) is 0 Å². The number of ether oxygens (including phenoxy) is 1. The van der Waals surface area contributed by atoms with Crippen LogP contribution in [-0.2, 0) is 0 Å². The number of hydrogen-bond acceptors (Lipinski definition) is 5. The van der Waals surface area contributed by atoms with E-state index in [0.717, 1.165) is 0 Å². The van der Waals surface area contributed by atoms with Gasteiger partial charge in [-0.25, -0.2) is 4.39 Å². The summed E-state index contributed by atoms with van der Waals surface area (Å²) in [5.74, 6) is -0.0330. The van der Waals surface area contributed by atoms with Gasteiger partial charge in [0.2, 0.25) is 0 Å². The van der Waals surface area contributed by atoms with Crippen LogP contribution >= 0.6 is 0 Å². The van der Waals surface area contributed by atoms with Gasteiger partial charge in [-0.3, -0.25) is 0 Å². The third kappa shape index (κ3) is 1.74. The van der Waals surface area contributed by atoms with E-state index in [2.05, 4.69) is 10.2 Å². The van der Waals surface area contributed by atoms with Gasteiger partial charge in [0, 0.05) is 6.07 Å². The number of anilines is 1. The molecule has 78 valence electrons. The first-order chi connectivity index (χ1) is 7.20. The van der Waals surface area contributed by atoms with Crippen molar-refractivity contribution < 1.29 is 13.5 Å². The molecule has 0 fully saturated rings. The van der Waals surface area contributed by atoms with Crippen LogP contribution in [0.2, 0.25) is 0 Å². The van der Waals surface area contributed by atoms with Crippen molar-refractivity contribution in [1.29, 1.82) is 0 Å². The van der Waals surface area contributed by atoms with Gasteiger partial charge in [0.1, 0.15) is 11.6 Å². The van der Waals surface area contributed by atoms with Crippen molar-refractivity contribution in [2.24, 2.45) is 0 Å². The Morgan fingerprint density at radius 2 is 2.20 bits per heavy atom. The lowest BCUT2D eigenvalue weighted by Gasteiger charge is -2.01. The first-order valence-corrected chi connectivity index (χ1v) is 4.13. The number of hydrogen-bond donors (Lipinski definition) is 1. The fourth-order valence-electron chi connectivity index (χ4n) is 1.14. The van der Waals surface area contributed by atoms with E-state index in [0.29, 0.717) is 5.75 Å². The van der Waals surface area contributed by atoms with Crippen LogP contribution in [0.3, 0.4) is 0 Å². The monoisotopic (exact) mass is 209 g/mol. The lowest BCUT2D eigenvalue weighted by Crippen LogP contribution is -1.88. The van der Waals surface area contributed by atoms with E-state index in [1.165, 1.54) is 19.2 Å². The highest BCUT2D eigenvalue weighted by atomic mass is 19.1. The number of benzene rings is 1. The zero-order valence-corrected chi connectivity index (χ0v) is 7.90. The summed E-state index contributed by atoms with van der Waals surface area (Å²) in [5.41, 5.74) is 5.43. The summed E-state index contributed by atoms with van der Waals surface area (Å²) in [6.45, 7) is 0. The van der Waals surface area contributed by atoms with E-state index < -0.39 is 5.82 Å². The molecule has 1 heterocycles. The lowest BCUT2D eigenvalue weighted by molar-refractivity contribution is 0.411. The zero-order valence-electron chi connectivity index (χ0n) is 7.90. The van der Waals surface area contributed by atoms with Crippen molar-refractivity contribution in [3.63, 3.8) is 0 Å². The Kier molecular flexibility index (Phi) is 2.24. The van der Waals surface area contributed by atoms with Crippen molar-refractivity contribution in [3.8, 4) is 17.2 Å². The highest BCUT2D eigenvalue weighted by molar-refractivity contribution is 5.55. The lowest BCUT2D eigenvalue weighted by atomic mass is 10.2. The van der Waals surface area contributed by atoms with Gasteiger partial charge < -0.3 is 14.9 Å². The molecule has 6 heteroatoms. The van der Waals surface area contributed by atoms with Gasteiger partial charge in [0.15, 0.2) is 0 Å². The predicted molar refractivity (Wildman–Crippen MR) is 50.7 cm³/mol. The van der Waals surface area contributed by atoms with Crippen LogP contribution in [0.15, 0.2) is 22.6 Å². The Labute approximate surface area is 84.7 Å². The van der Waals surface area contributed by atoms with Gasteiger partial charge in [0.25, 0.3) is 5.89 Å². The number of nitrogen functional groups attached to an aromatic ring is 1. The minimum Gasteiger partial charge on any atom is -0.497 e. The van der Waals surface area contributed by atoms with Gasteiger partial charge in [-0.15, -0.1) is 5.10 Å². The number of rotatable bonds is 2. The maximum absolute atomic E-state index is 13.5. The molecule has 0 aliphatic carbocycles. The van der Waals surface area contributed by atoms with Crippen molar-refractivity contribution in [3.05, 3.63) is 24.0 Å². The summed E-state index contributed by atoms with van der Waals surface area (Å²) in [7, 11) is 1.46. The molecule has 2 aromatic rings. The smallest absolute Gasteiger partial charge is 0.313 e. The van der Waals surface area contributed by atoms with Crippen LogP contribution < -0.4 is 10.5 Å². The molecule has 1 aromatic carbocycles. The average Bonchev–Trinajstić information content (AvgIpc) is 2.64. The van der Waals surface area contributed by atoms with E-state index in [9.17, 15) is 4.39 Å². The second-order valence-electron chi connectivity index (χ2n) is 2.79. The molecule has 0 bridgehead atoms. The van der Waals surface area contributed by atoms with Crippen LogP contribution in [0.5, 0.6) is 5.75 Å². The molecule has 0 aliphatic heterocycles. The molecule has 0 aliphatic rings. The topological polar surface area (TPSA) is 74.2 Å². The fourth-order valence-corrected chi connectivity index (χ4v) is 1.14. The summed E-state index contributed by atoms with van der Waals surface area (Å²) in [6, 6.07) is 4.22. The van der Waals surface area contributed by atoms with Crippen LogP contribution in [0.25, 0.3) is 11.5 Å². The minimum absolute atomic E-state index is 0.0488. The largest absolute Gasteiger partial charge is 0.497 e. The molecule has 0 saturated heterocycles. The van der Waals surface area contributed by atoms with Gasteiger partial charge >= 0.3 is 6.01 Å². The quantitative estimate of drug-likeness (QED) is 0.810. The van der Waals surface area contributed by atoms with Crippen LogP contribution in [0.4, 0.5) is 10.4 Å². The molecule has 0 saturated carbocycles. The molecule has 0 atom stereocenters. The first-order valence-electron chi connectivity index (χ1n) is 4.13. The normalized spacial score (nSPS) is 10.3. The molecular formula is C9H8FN3O2. The van der Waals surface area contributed by atoms with Crippen LogP contribution in [0, 0.1) is 5.82 Å². The molecular weight excluding hydrogens is 201 g/mol. The molecule has 1 aromatic heterocycles. The maximum Gasteiger partial charge on any atom is 0.313 e. The average molecular weight is 209 g/mol. The number of nitrogens with two attached hydrogens (primary N) is 1. The second-order valence-corrected chi connectivity index (χ2v) is 2.79. The standard InChI is InChI=1S/C9H8FN3O2/c1-14-5-2-3-6(7(10)4-5)8-12-13-9(11)15-8/h2-4H,1H3,(H2,11,13). The number of nitrogens with zero attached hydrogens (tertiary/aromatic N) is 2. The van der Waals surface area contributed by atoms with E-state index in [1.54, 1.807) is 6.07 Å². The Bertz CT molecular complexity index is 484. The van der Waals surface area contributed by atoms with E-state index in [4.69, 9.17) is 14.9 Å². The molecule has 0 radical (unpaired) electrons.